The molecule has 1 aliphatic carbocycles. The highest BCUT2D eigenvalue weighted by Crippen LogP contribution is 2.53. The molecular weight excluding hydrogens is 581 g/mol. The van der Waals surface area contributed by atoms with E-state index >= 15 is 0 Å². The lowest BCUT2D eigenvalue weighted by Crippen LogP contribution is -2.59. The highest BCUT2D eigenvalue weighted by molar-refractivity contribution is 5.58. The van der Waals surface area contributed by atoms with Gasteiger partial charge in [-0.15, -0.1) is 5.43 Å². The van der Waals surface area contributed by atoms with E-state index in [9.17, 15) is 18.0 Å². The topological polar surface area (TPSA) is 50.9 Å². The van der Waals surface area contributed by atoms with Gasteiger partial charge < -0.3 is 4.74 Å². The minimum absolute atomic E-state index is 0.119. The fourth-order valence-corrected chi connectivity index (χ4v) is 9.20. The molecule has 3 aromatic rings. The lowest BCUT2D eigenvalue weighted by molar-refractivity contribution is -1.02. The molecule has 4 fully saturated rings. The highest BCUT2D eigenvalue weighted by Gasteiger charge is 2.66. The van der Waals surface area contributed by atoms with Crippen LogP contribution in [0.5, 0.6) is 0 Å². The van der Waals surface area contributed by atoms with Crippen LogP contribution in [0, 0.1) is 11.8 Å². The van der Waals surface area contributed by atoms with Crippen molar-refractivity contribution in [2.24, 2.45) is 11.8 Å². The number of fused-ring (bicyclic) bond motifs is 3. The van der Waals surface area contributed by atoms with Crippen molar-refractivity contribution in [1.82, 2.24) is 19.3 Å². The van der Waals surface area contributed by atoms with Crippen molar-refractivity contribution in [3.63, 3.8) is 0 Å². The zero-order valence-electron chi connectivity index (χ0n) is 27.1. The van der Waals surface area contributed by atoms with Crippen molar-refractivity contribution in [3.05, 3.63) is 69.9 Å². The number of piperidine rings is 1. The summed E-state index contributed by atoms with van der Waals surface area (Å²) in [6.45, 7) is 9.45. The van der Waals surface area contributed by atoms with Crippen molar-refractivity contribution in [1.29, 1.82) is 0 Å². The van der Waals surface area contributed by atoms with Gasteiger partial charge in [0.2, 0.25) is 6.17 Å². The second-order valence-electron chi connectivity index (χ2n) is 15.1. The minimum Gasteiger partial charge on any atom is -0.379 e. The first-order chi connectivity index (χ1) is 21.2. The Labute approximate surface area is 263 Å². The lowest BCUT2D eigenvalue weighted by atomic mass is 9.63. The number of nitrogens with zero attached hydrogens (tertiary/aromatic N) is 5. The van der Waals surface area contributed by atoms with Crippen LogP contribution in [0.1, 0.15) is 62.1 Å². The van der Waals surface area contributed by atoms with Crippen molar-refractivity contribution in [2.45, 2.75) is 69.9 Å². The SMILES string of the molecule is COC1(C)CC([C@@H](c2cccc(-n3cc4c(C(F)(F)F)cc(CN5CCC[C@H](C)C5)cn4c3=O)c2)C2[N+]3(C)CC[N+]2(C)NC3)C1. The van der Waals surface area contributed by atoms with E-state index in [1.807, 2.05) is 18.2 Å². The van der Waals surface area contributed by atoms with Crippen molar-refractivity contribution < 1.29 is 27.0 Å². The van der Waals surface area contributed by atoms with Crippen LogP contribution in [-0.4, -0.2) is 88.8 Å². The van der Waals surface area contributed by atoms with E-state index in [1.54, 1.807) is 13.3 Å². The van der Waals surface area contributed by atoms with Crippen LogP contribution >= 0.6 is 0 Å². The fourth-order valence-electron chi connectivity index (χ4n) is 9.20. The molecule has 0 spiro atoms. The predicted octanol–water partition coefficient (Wildman–Crippen LogP) is 4.95. The number of hydrogen-bond donors (Lipinski definition) is 1. The third-order valence-electron chi connectivity index (χ3n) is 11.6. The van der Waals surface area contributed by atoms with Gasteiger partial charge in [0, 0.05) is 32.6 Å². The summed E-state index contributed by atoms with van der Waals surface area (Å²) < 4.78 is 53.5. The number of halogens is 3. The Hall–Kier alpha value is -2.70. The van der Waals surface area contributed by atoms with Crippen molar-refractivity contribution in [2.75, 3.05) is 54.1 Å². The quantitative estimate of drug-likeness (QED) is 0.377. The van der Waals surface area contributed by atoms with Gasteiger partial charge in [-0.1, -0.05) is 19.1 Å². The Balaban J connectivity index is 1.29. The number of pyridine rings is 1. The van der Waals surface area contributed by atoms with Gasteiger partial charge in [-0.2, -0.15) is 17.8 Å². The average molecular weight is 629 g/mol. The van der Waals surface area contributed by atoms with Crippen LogP contribution in [0.3, 0.4) is 0 Å². The van der Waals surface area contributed by atoms with E-state index in [0.717, 1.165) is 73.2 Å². The Morgan fingerprint density at radius 2 is 1.93 bits per heavy atom. The van der Waals surface area contributed by atoms with Crippen LogP contribution in [0.4, 0.5) is 13.2 Å². The summed E-state index contributed by atoms with van der Waals surface area (Å²) >= 11 is 0. The van der Waals surface area contributed by atoms with Gasteiger partial charge in [0.05, 0.1) is 42.4 Å². The van der Waals surface area contributed by atoms with Gasteiger partial charge in [0.15, 0.2) is 13.2 Å². The summed E-state index contributed by atoms with van der Waals surface area (Å²) in [6.07, 6.45) is 2.72. The van der Waals surface area contributed by atoms with E-state index in [0.29, 0.717) is 29.6 Å². The number of rotatable bonds is 7. The summed E-state index contributed by atoms with van der Waals surface area (Å²) in [6, 6.07) is 9.18. The Morgan fingerprint density at radius 3 is 2.56 bits per heavy atom. The molecule has 8 nitrogen and oxygen atoms in total. The standard InChI is InChI=1S/C34H47F3N6O2/c1-23-8-7-11-39(18-23)19-24-14-28(34(35,36)37)29-21-40(32(44)41(29)20-24)27-10-6-9-25(15-27)30(26-16-33(2,17-26)45-5)31-42(3)12-13-43(31,4)38-22-42/h6,9-10,14-15,20-21,23,26,30-31,38H,7-8,11-13,16-19,22H2,1-5H3/q+2/t23-,26?,30+,31?,33?,42?,43?/m0/s1. The molecule has 4 aliphatic rings. The molecule has 45 heavy (non-hydrogen) atoms. The monoisotopic (exact) mass is 628 g/mol. The predicted molar refractivity (Wildman–Crippen MR) is 166 cm³/mol. The van der Waals surface area contributed by atoms with Crippen LogP contribution in [0.2, 0.25) is 0 Å². The summed E-state index contributed by atoms with van der Waals surface area (Å²) in [7, 11) is 6.38. The summed E-state index contributed by atoms with van der Waals surface area (Å²) in [5.41, 5.74) is 4.45. The van der Waals surface area contributed by atoms with Crippen LogP contribution in [0.15, 0.2) is 47.5 Å². The Morgan fingerprint density at radius 1 is 1.16 bits per heavy atom. The number of ether oxygens (including phenoxy) is 1. The van der Waals surface area contributed by atoms with Crippen molar-refractivity contribution in [3.8, 4) is 5.69 Å². The second-order valence-corrected chi connectivity index (χ2v) is 15.1. The van der Waals surface area contributed by atoms with E-state index in [-0.39, 0.29) is 23.2 Å². The van der Waals surface area contributed by atoms with Gasteiger partial charge in [0.25, 0.3) is 0 Å². The molecule has 1 N–H and O–H groups in total. The number of methoxy groups -OCH3 is 1. The van der Waals surface area contributed by atoms with Crippen molar-refractivity contribution >= 4 is 5.52 Å². The molecule has 5 heterocycles. The second kappa shape index (κ2) is 10.7. The van der Waals surface area contributed by atoms with E-state index in [2.05, 4.69) is 44.3 Å². The number of nitrogens with one attached hydrogen (secondary N) is 1. The van der Waals surface area contributed by atoms with Crippen LogP contribution < -0.4 is 11.1 Å². The largest absolute Gasteiger partial charge is 0.418 e. The highest BCUT2D eigenvalue weighted by atomic mass is 19.4. The van der Waals surface area contributed by atoms with Gasteiger partial charge in [-0.3, -0.25) is 18.4 Å². The smallest absolute Gasteiger partial charge is 0.379 e. The molecular formula is C34H47F3N6O2+2. The molecule has 3 aliphatic heterocycles. The molecule has 3 saturated heterocycles. The molecule has 2 bridgehead atoms. The van der Waals surface area contributed by atoms with Gasteiger partial charge in [0.1, 0.15) is 6.54 Å². The number of quaternary nitrogens is 2. The third kappa shape index (κ3) is 5.24. The Kier molecular flexibility index (Phi) is 7.33. The maximum Gasteiger partial charge on any atom is 0.418 e. The Bertz CT molecular complexity index is 1630. The number of hydrogen-bond acceptors (Lipinski definition) is 4. The third-order valence-corrected chi connectivity index (χ3v) is 11.6. The molecule has 0 amide bonds. The number of likely N-dealkylation sites (N-methyl/N-ethyl adjacent to an activating group) is 2. The lowest BCUT2D eigenvalue weighted by Gasteiger charge is -2.49. The summed E-state index contributed by atoms with van der Waals surface area (Å²) in [5, 5.41) is 0. The minimum atomic E-state index is -4.59. The fraction of sp³-hybridized carbons (Fsp3) is 0.618. The molecule has 11 heteroatoms. The molecule has 1 aromatic carbocycles. The van der Waals surface area contributed by atoms with E-state index in [1.165, 1.54) is 21.2 Å². The molecule has 2 aromatic heterocycles. The van der Waals surface area contributed by atoms with E-state index in [4.69, 9.17) is 4.74 Å². The zero-order chi connectivity index (χ0) is 31.9. The van der Waals surface area contributed by atoms with E-state index < -0.39 is 17.4 Å². The van der Waals surface area contributed by atoms with Gasteiger partial charge in [-0.05, 0) is 80.3 Å². The first-order valence-electron chi connectivity index (χ1n) is 16.4. The summed E-state index contributed by atoms with van der Waals surface area (Å²) in [4.78, 5) is 16.1. The molecule has 1 saturated carbocycles. The van der Waals surface area contributed by atoms with Gasteiger partial charge in [-0.25, -0.2) is 4.79 Å². The van der Waals surface area contributed by atoms with Crippen LogP contribution in [-0.2, 0) is 17.5 Å². The first-order valence-corrected chi connectivity index (χ1v) is 16.4. The average Bonchev–Trinajstić information content (AvgIpc) is 3.54. The number of imidazole rings is 1. The normalized spacial score (nSPS) is 34.4. The number of aromatic nitrogens is 2. The maximum absolute atomic E-state index is 14.4. The molecule has 7 rings (SSSR count). The first kappa shape index (κ1) is 30.9. The molecule has 3 unspecified atom stereocenters. The maximum atomic E-state index is 14.4. The summed E-state index contributed by atoms with van der Waals surface area (Å²) in [5.74, 6) is 1.09. The molecule has 244 valence electrons. The number of benzene rings is 1. The molecule has 0 radical (unpaired) electrons. The molecule has 5 atom stereocenters. The number of alkyl halides is 3. The number of likely N-dealkylation sites (tertiary alicyclic amines) is 1. The zero-order valence-corrected chi connectivity index (χ0v) is 27.1. The van der Waals surface area contributed by atoms with Crippen LogP contribution in [0.25, 0.3) is 11.2 Å². The van der Waals surface area contributed by atoms with Gasteiger partial charge >= 0.3 is 11.9 Å².